The van der Waals surface area contributed by atoms with E-state index in [1.807, 2.05) is 0 Å². The molecule has 3 aromatic rings. The van der Waals surface area contributed by atoms with Crippen molar-refractivity contribution in [2.24, 2.45) is 5.10 Å². The largest absolute Gasteiger partial charge is 0.455 e. The second-order valence-electron chi connectivity index (χ2n) is 8.56. The molecule has 2 aliphatic rings. The first kappa shape index (κ1) is 22.6. The monoisotopic (exact) mass is 483 g/mol. The summed E-state index contributed by atoms with van der Waals surface area (Å²) in [5.74, 6) is 2.44. The van der Waals surface area contributed by atoms with Gasteiger partial charge < -0.3 is 14.2 Å². The molecule has 8 nitrogen and oxygen atoms in total. The van der Waals surface area contributed by atoms with E-state index in [0.717, 1.165) is 51.9 Å². The number of nitrogens with zero attached hydrogens (tertiary/aromatic N) is 6. The minimum Gasteiger partial charge on any atom is -0.455 e. The third kappa shape index (κ3) is 5.30. The number of rotatable bonds is 6. The zero-order chi connectivity index (χ0) is 23.3. The number of halogens is 2. The van der Waals surface area contributed by atoms with Crippen LogP contribution in [0.4, 0.5) is 22.2 Å². The van der Waals surface area contributed by atoms with Crippen molar-refractivity contribution in [3.8, 4) is 11.3 Å². The summed E-state index contributed by atoms with van der Waals surface area (Å²) in [6, 6.07) is 8.04. The number of hydrogen-bond donors (Lipinski definition) is 1. The Morgan fingerprint density at radius 3 is 2.15 bits per heavy atom. The molecule has 4 heterocycles. The number of furan rings is 1. The number of piperidine rings is 2. The van der Waals surface area contributed by atoms with Crippen molar-refractivity contribution in [1.82, 2.24) is 15.0 Å². The maximum Gasteiger partial charge on any atom is 0.250 e. The van der Waals surface area contributed by atoms with Crippen LogP contribution in [0.1, 0.15) is 44.3 Å². The van der Waals surface area contributed by atoms with E-state index < -0.39 is 5.82 Å². The second-order valence-corrected chi connectivity index (χ2v) is 8.96. The van der Waals surface area contributed by atoms with Crippen molar-refractivity contribution in [2.75, 3.05) is 41.4 Å². The Bertz CT molecular complexity index is 1120. The van der Waals surface area contributed by atoms with E-state index in [0.29, 0.717) is 34.9 Å². The summed E-state index contributed by atoms with van der Waals surface area (Å²) < 4.78 is 19.2. The van der Waals surface area contributed by atoms with Gasteiger partial charge in [-0.2, -0.15) is 20.1 Å². The van der Waals surface area contributed by atoms with E-state index >= 15 is 0 Å². The normalized spacial score (nSPS) is 16.9. The number of hydrogen-bond acceptors (Lipinski definition) is 8. The van der Waals surface area contributed by atoms with E-state index in [4.69, 9.17) is 21.0 Å². The lowest BCUT2D eigenvalue weighted by Gasteiger charge is -2.30. The quantitative estimate of drug-likeness (QED) is 0.373. The fourth-order valence-electron chi connectivity index (χ4n) is 4.25. The maximum absolute atomic E-state index is 13.4. The Morgan fingerprint density at radius 1 is 0.882 bits per heavy atom. The van der Waals surface area contributed by atoms with Crippen LogP contribution >= 0.6 is 11.6 Å². The van der Waals surface area contributed by atoms with Gasteiger partial charge in [-0.3, -0.25) is 0 Å². The van der Waals surface area contributed by atoms with Gasteiger partial charge in [0.1, 0.15) is 17.3 Å². The number of nitrogens with one attached hydrogen (secondary N) is 1. The maximum atomic E-state index is 13.4. The highest BCUT2D eigenvalue weighted by molar-refractivity contribution is 6.31. The predicted molar refractivity (Wildman–Crippen MR) is 132 cm³/mol. The lowest BCUT2D eigenvalue weighted by atomic mass is 10.1. The summed E-state index contributed by atoms with van der Waals surface area (Å²) in [6.45, 7) is 3.81. The second kappa shape index (κ2) is 10.4. The average molecular weight is 484 g/mol. The molecule has 0 radical (unpaired) electrons. The smallest absolute Gasteiger partial charge is 0.250 e. The number of aromatic nitrogens is 3. The molecule has 2 aliphatic heterocycles. The van der Waals surface area contributed by atoms with Crippen LogP contribution in [-0.2, 0) is 0 Å². The van der Waals surface area contributed by atoms with Crippen LogP contribution in [0, 0.1) is 5.82 Å². The summed E-state index contributed by atoms with van der Waals surface area (Å²) in [5.41, 5.74) is 3.63. The van der Waals surface area contributed by atoms with E-state index in [-0.39, 0.29) is 5.02 Å². The van der Waals surface area contributed by atoms with Crippen LogP contribution < -0.4 is 15.2 Å². The molecule has 1 aromatic carbocycles. The lowest BCUT2D eigenvalue weighted by Crippen LogP contribution is -2.34. The van der Waals surface area contributed by atoms with Gasteiger partial charge in [0, 0.05) is 31.7 Å². The molecule has 0 amide bonds. The van der Waals surface area contributed by atoms with Gasteiger partial charge in [0.2, 0.25) is 17.8 Å². The number of anilines is 3. The summed E-state index contributed by atoms with van der Waals surface area (Å²) in [6.07, 6.45) is 8.62. The Balaban J connectivity index is 1.33. The fourth-order valence-corrected chi connectivity index (χ4v) is 4.44. The van der Waals surface area contributed by atoms with Crippen LogP contribution in [0.2, 0.25) is 5.02 Å². The lowest BCUT2D eigenvalue weighted by molar-refractivity contribution is 0.556. The van der Waals surface area contributed by atoms with E-state index in [1.165, 1.54) is 25.0 Å². The molecule has 10 heteroatoms. The first-order valence-corrected chi connectivity index (χ1v) is 12.1. The highest BCUT2D eigenvalue weighted by Gasteiger charge is 2.20. The molecule has 34 heavy (non-hydrogen) atoms. The minimum atomic E-state index is -0.465. The van der Waals surface area contributed by atoms with Crippen molar-refractivity contribution in [3.05, 3.63) is 46.9 Å². The van der Waals surface area contributed by atoms with Crippen molar-refractivity contribution < 1.29 is 8.81 Å². The van der Waals surface area contributed by atoms with Crippen molar-refractivity contribution >= 4 is 35.7 Å². The number of hydrazone groups is 1. The van der Waals surface area contributed by atoms with E-state index in [1.54, 1.807) is 24.4 Å². The van der Waals surface area contributed by atoms with Gasteiger partial charge in [-0.05, 0) is 68.9 Å². The summed E-state index contributed by atoms with van der Waals surface area (Å²) >= 11 is 5.88. The first-order chi connectivity index (χ1) is 16.7. The molecule has 0 spiro atoms. The summed E-state index contributed by atoms with van der Waals surface area (Å²) in [4.78, 5) is 18.5. The van der Waals surface area contributed by atoms with E-state index in [2.05, 4.69) is 30.3 Å². The highest BCUT2D eigenvalue weighted by Crippen LogP contribution is 2.26. The Morgan fingerprint density at radius 2 is 1.53 bits per heavy atom. The van der Waals surface area contributed by atoms with Crippen LogP contribution in [-0.4, -0.2) is 47.3 Å². The van der Waals surface area contributed by atoms with Gasteiger partial charge >= 0.3 is 0 Å². The SMILES string of the molecule is Fc1ccc(-c2ccc(C=NNc3nc(N4CCCCC4)nc(N4CCCCC4)n3)o2)cc1Cl. The molecule has 178 valence electrons. The van der Waals surface area contributed by atoms with Crippen molar-refractivity contribution in [3.63, 3.8) is 0 Å². The summed E-state index contributed by atoms with van der Waals surface area (Å²) in [7, 11) is 0. The zero-order valence-corrected chi connectivity index (χ0v) is 19.6. The van der Waals surface area contributed by atoms with Gasteiger partial charge in [0.15, 0.2) is 0 Å². The molecule has 0 saturated carbocycles. The van der Waals surface area contributed by atoms with Crippen molar-refractivity contribution in [2.45, 2.75) is 38.5 Å². The Hall–Kier alpha value is -3.20. The van der Waals surface area contributed by atoms with Crippen molar-refractivity contribution in [1.29, 1.82) is 0 Å². The average Bonchev–Trinajstić information content (AvgIpc) is 3.35. The third-order valence-corrected chi connectivity index (χ3v) is 6.37. The molecular weight excluding hydrogens is 457 g/mol. The summed E-state index contributed by atoms with van der Waals surface area (Å²) in [5, 5.41) is 4.33. The van der Waals surface area contributed by atoms with Crippen LogP contribution in [0.3, 0.4) is 0 Å². The van der Waals surface area contributed by atoms with Crippen LogP contribution in [0.25, 0.3) is 11.3 Å². The predicted octanol–water partition coefficient (Wildman–Crippen LogP) is 5.35. The molecule has 2 aromatic heterocycles. The first-order valence-electron chi connectivity index (χ1n) is 11.8. The molecule has 5 rings (SSSR count). The molecule has 2 fully saturated rings. The molecule has 1 N–H and O–H groups in total. The van der Waals surface area contributed by atoms with E-state index in [9.17, 15) is 4.39 Å². The zero-order valence-electron chi connectivity index (χ0n) is 18.9. The van der Waals surface area contributed by atoms with Crippen LogP contribution in [0.15, 0.2) is 39.9 Å². The van der Waals surface area contributed by atoms with Gasteiger partial charge in [-0.15, -0.1) is 0 Å². The fraction of sp³-hybridized carbons (Fsp3) is 0.417. The topological polar surface area (TPSA) is 82.7 Å². The van der Waals surface area contributed by atoms with Gasteiger partial charge in [0.05, 0.1) is 11.2 Å². The molecular formula is C24H27ClFN7O. The van der Waals surface area contributed by atoms with Gasteiger partial charge in [0.25, 0.3) is 0 Å². The highest BCUT2D eigenvalue weighted by atomic mass is 35.5. The standard InChI is InChI=1S/C24H27ClFN7O/c25-19-15-17(7-9-20(19)26)21-10-8-18(34-21)16-27-31-22-28-23(32-11-3-1-4-12-32)30-24(29-22)33-13-5-2-6-14-33/h7-10,15-16H,1-6,11-14H2,(H,28,29,30,31). The van der Waals surface area contributed by atoms with Crippen LogP contribution in [0.5, 0.6) is 0 Å². The number of benzene rings is 1. The Kier molecular flexibility index (Phi) is 6.89. The Labute approximate surface area is 202 Å². The molecule has 2 saturated heterocycles. The van der Waals surface area contributed by atoms with Gasteiger partial charge in [-0.25, -0.2) is 9.82 Å². The molecule has 0 atom stereocenters. The minimum absolute atomic E-state index is 0.0506. The molecule has 0 unspecified atom stereocenters. The van der Waals surface area contributed by atoms with Gasteiger partial charge in [-0.1, -0.05) is 11.6 Å². The molecule has 0 aliphatic carbocycles. The molecule has 0 bridgehead atoms. The third-order valence-electron chi connectivity index (χ3n) is 6.08.